The summed E-state index contributed by atoms with van der Waals surface area (Å²) in [7, 11) is 0.361. The number of likely N-dealkylation sites (N-methyl/N-ethyl adjacent to an activating group) is 1. The van der Waals surface area contributed by atoms with Gasteiger partial charge in [0.05, 0.1) is 0 Å². The van der Waals surface area contributed by atoms with E-state index in [0.29, 0.717) is 0 Å². The van der Waals surface area contributed by atoms with Crippen molar-refractivity contribution in [3.05, 3.63) is 0 Å². The lowest BCUT2D eigenvalue weighted by molar-refractivity contribution is 0.113. The average Bonchev–Trinajstić information content (AvgIpc) is 1.83. The summed E-state index contributed by atoms with van der Waals surface area (Å²) >= 11 is 0. The first-order chi connectivity index (χ1) is 5.10. The lowest BCUT2D eigenvalue weighted by atomic mass is 10.5. The van der Waals surface area contributed by atoms with Crippen LogP contribution in [0.1, 0.15) is 0 Å². The van der Waals surface area contributed by atoms with Crippen LogP contribution in [0.2, 0.25) is 13.1 Å². The molecule has 1 saturated heterocycles. The number of rotatable bonds is 0. The third kappa shape index (κ3) is 3.33. The second-order valence-electron chi connectivity index (χ2n) is 3.40. The van der Waals surface area contributed by atoms with Gasteiger partial charge >= 0.3 is 8.56 Å². The highest BCUT2D eigenvalue weighted by Crippen LogP contribution is 2.08. The highest BCUT2D eigenvalue weighted by atomic mass is 28.4. The summed E-state index contributed by atoms with van der Waals surface area (Å²) in [5.41, 5.74) is 0. The van der Waals surface area contributed by atoms with Gasteiger partial charge in [0.2, 0.25) is 0 Å². The van der Waals surface area contributed by atoms with E-state index in [1.807, 2.05) is 0 Å². The van der Waals surface area contributed by atoms with Gasteiger partial charge in [0.25, 0.3) is 0 Å². The first-order valence-corrected chi connectivity index (χ1v) is 6.88. The van der Waals surface area contributed by atoms with Crippen LogP contribution in [0.4, 0.5) is 0 Å². The Kier molecular flexibility index (Phi) is 3.06. The quantitative estimate of drug-likeness (QED) is 0.505. The number of hydrogen-bond acceptors (Lipinski definition) is 3. The molecule has 1 rings (SSSR count). The van der Waals surface area contributed by atoms with Crippen molar-refractivity contribution < 1.29 is 8.85 Å². The smallest absolute Gasteiger partial charge is 0.331 e. The molecule has 1 fully saturated rings. The van der Waals surface area contributed by atoms with Gasteiger partial charge in [-0.3, -0.25) is 0 Å². The second kappa shape index (κ2) is 3.67. The molecule has 0 unspecified atom stereocenters. The van der Waals surface area contributed by atoms with E-state index in [-0.39, 0.29) is 0 Å². The molecule has 0 aromatic carbocycles. The zero-order chi connectivity index (χ0) is 8.32. The van der Waals surface area contributed by atoms with E-state index in [2.05, 4.69) is 25.0 Å². The summed E-state index contributed by atoms with van der Waals surface area (Å²) in [4.78, 5) is 2.23. The second-order valence-corrected chi connectivity index (χ2v) is 6.78. The van der Waals surface area contributed by atoms with Gasteiger partial charge in [-0.25, -0.2) is 0 Å². The van der Waals surface area contributed by atoms with E-state index < -0.39 is 8.56 Å². The fraction of sp³-hybridized carbons (Fsp3) is 1.00. The van der Waals surface area contributed by atoms with E-state index in [1.165, 1.54) is 0 Å². The van der Waals surface area contributed by atoms with Gasteiger partial charge in [-0.05, 0) is 20.1 Å². The van der Waals surface area contributed by atoms with Crippen LogP contribution in [-0.4, -0.2) is 46.8 Å². The van der Waals surface area contributed by atoms with Gasteiger partial charge in [0.15, 0.2) is 0 Å². The van der Waals surface area contributed by atoms with Crippen molar-refractivity contribution in [2.24, 2.45) is 0 Å². The molecule has 0 aromatic rings. The summed E-state index contributed by atoms with van der Waals surface area (Å²) in [6.45, 7) is 7.88. The van der Waals surface area contributed by atoms with Gasteiger partial charge in [-0.1, -0.05) is 0 Å². The minimum atomic E-state index is -1.73. The summed E-state index contributed by atoms with van der Waals surface area (Å²) in [6, 6.07) is 0. The maximum absolute atomic E-state index is 5.62. The summed E-state index contributed by atoms with van der Waals surface area (Å²) in [5, 5.41) is 0. The maximum Gasteiger partial charge on any atom is 0.331 e. The first kappa shape index (κ1) is 9.19. The largest absolute Gasteiger partial charge is 0.393 e. The fourth-order valence-electron chi connectivity index (χ4n) is 1.05. The van der Waals surface area contributed by atoms with E-state index in [0.717, 1.165) is 26.3 Å². The van der Waals surface area contributed by atoms with Gasteiger partial charge < -0.3 is 13.8 Å². The van der Waals surface area contributed by atoms with Crippen LogP contribution in [0.5, 0.6) is 0 Å². The van der Waals surface area contributed by atoms with Crippen molar-refractivity contribution in [2.75, 3.05) is 33.4 Å². The highest BCUT2D eigenvalue weighted by molar-refractivity contribution is 6.64. The monoisotopic (exact) mass is 175 g/mol. The zero-order valence-corrected chi connectivity index (χ0v) is 8.59. The van der Waals surface area contributed by atoms with Crippen molar-refractivity contribution in [1.82, 2.24) is 4.90 Å². The van der Waals surface area contributed by atoms with E-state index in [9.17, 15) is 0 Å². The predicted octanol–water partition coefficient (Wildman–Crippen LogP) is 0.667. The standard InChI is InChI=1S/C7H17NO2Si/c1-8-4-6-9-11(2,3)10-7-5-8/h4-7H2,1-3H3. The molecule has 0 amide bonds. The molecule has 1 aliphatic rings. The number of hydrogen-bond donors (Lipinski definition) is 0. The summed E-state index contributed by atoms with van der Waals surface area (Å²) in [6.07, 6.45) is 0. The van der Waals surface area contributed by atoms with Crippen LogP contribution in [0.3, 0.4) is 0 Å². The molecule has 0 radical (unpaired) electrons. The molecule has 4 heteroatoms. The third-order valence-corrected chi connectivity index (χ3v) is 3.64. The summed E-state index contributed by atoms with van der Waals surface area (Å²) < 4.78 is 11.2. The summed E-state index contributed by atoms with van der Waals surface area (Å²) in [5.74, 6) is 0. The van der Waals surface area contributed by atoms with Crippen molar-refractivity contribution in [3.63, 3.8) is 0 Å². The molecule has 3 nitrogen and oxygen atoms in total. The Morgan fingerprint density at radius 3 is 2.00 bits per heavy atom. The first-order valence-electron chi connectivity index (χ1n) is 4.07. The molecule has 0 aromatic heterocycles. The molecule has 11 heavy (non-hydrogen) atoms. The molecule has 0 saturated carbocycles. The Balaban J connectivity index is 2.35. The van der Waals surface area contributed by atoms with Crippen LogP contribution in [0, 0.1) is 0 Å². The van der Waals surface area contributed by atoms with Gasteiger partial charge in [0, 0.05) is 26.3 Å². The molecule has 0 aliphatic carbocycles. The van der Waals surface area contributed by atoms with E-state index in [4.69, 9.17) is 8.85 Å². The minimum Gasteiger partial charge on any atom is -0.393 e. The Hall–Kier alpha value is 0.0969. The zero-order valence-electron chi connectivity index (χ0n) is 7.59. The molecule has 1 heterocycles. The Morgan fingerprint density at radius 2 is 1.55 bits per heavy atom. The van der Waals surface area contributed by atoms with Crippen LogP contribution in [0.25, 0.3) is 0 Å². The Morgan fingerprint density at radius 1 is 1.09 bits per heavy atom. The van der Waals surface area contributed by atoms with Crippen molar-refractivity contribution in [3.8, 4) is 0 Å². The topological polar surface area (TPSA) is 21.7 Å². The molecule has 0 bridgehead atoms. The predicted molar refractivity (Wildman–Crippen MR) is 46.9 cm³/mol. The maximum atomic E-state index is 5.62. The lowest BCUT2D eigenvalue weighted by Gasteiger charge is -2.29. The van der Waals surface area contributed by atoms with Gasteiger partial charge in [0.1, 0.15) is 0 Å². The van der Waals surface area contributed by atoms with Crippen molar-refractivity contribution in [1.29, 1.82) is 0 Å². The van der Waals surface area contributed by atoms with Crippen LogP contribution in [-0.2, 0) is 8.85 Å². The van der Waals surface area contributed by atoms with E-state index >= 15 is 0 Å². The molecule has 0 spiro atoms. The molecule has 0 atom stereocenters. The van der Waals surface area contributed by atoms with Gasteiger partial charge in [-0.2, -0.15) is 0 Å². The molecular formula is C7H17NO2Si. The molecule has 1 aliphatic heterocycles. The average molecular weight is 175 g/mol. The molecule has 66 valence electrons. The van der Waals surface area contributed by atoms with Crippen LogP contribution in [0.15, 0.2) is 0 Å². The Bertz CT molecular complexity index is 118. The van der Waals surface area contributed by atoms with Gasteiger partial charge in [-0.15, -0.1) is 0 Å². The van der Waals surface area contributed by atoms with Crippen LogP contribution >= 0.6 is 0 Å². The Labute approximate surface area is 69.5 Å². The third-order valence-electron chi connectivity index (χ3n) is 1.85. The molecular weight excluding hydrogens is 158 g/mol. The lowest BCUT2D eigenvalue weighted by Crippen LogP contribution is -2.43. The van der Waals surface area contributed by atoms with Crippen molar-refractivity contribution >= 4 is 8.56 Å². The minimum absolute atomic E-state index is 0.815. The van der Waals surface area contributed by atoms with Crippen molar-refractivity contribution in [2.45, 2.75) is 13.1 Å². The van der Waals surface area contributed by atoms with Crippen LogP contribution < -0.4 is 0 Å². The normalized spacial score (nSPS) is 27.5. The van der Waals surface area contributed by atoms with E-state index in [1.54, 1.807) is 0 Å². The molecule has 0 N–H and O–H groups in total. The highest BCUT2D eigenvalue weighted by Gasteiger charge is 2.25. The SMILES string of the molecule is CN1CCO[Si](C)(C)OCC1. The fourth-order valence-corrected chi connectivity index (χ4v) is 2.30. The number of nitrogens with zero attached hydrogens (tertiary/aromatic N) is 1.